The van der Waals surface area contributed by atoms with Crippen LogP contribution in [-0.2, 0) is 9.53 Å². The van der Waals surface area contributed by atoms with Gasteiger partial charge in [-0.3, -0.25) is 4.90 Å². The zero-order chi connectivity index (χ0) is 18.7. The fourth-order valence-corrected chi connectivity index (χ4v) is 3.02. The van der Waals surface area contributed by atoms with Crippen molar-refractivity contribution in [2.24, 2.45) is 0 Å². The number of halogens is 1. The highest BCUT2D eigenvalue weighted by molar-refractivity contribution is 6.04. The lowest BCUT2D eigenvalue weighted by Gasteiger charge is -2.34. The highest BCUT2D eigenvalue weighted by atomic mass is 19.1. The molecule has 0 aromatic heterocycles. The average Bonchev–Trinajstić information content (AvgIpc) is 2.65. The van der Waals surface area contributed by atoms with Crippen LogP contribution in [-0.4, -0.2) is 30.6 Å². The molecular weight excluding hydrogens is 335 g/mol. The number of nitrogens with zero attached hydrogens (tertiary/aromatic N) is 1. The Morgan fingerprint density at radius 2 is 1.81 bits per heavy atom. The predicted octanol–water partition coefficient (Wildman–Crippen LogP) is 3.50. The molecule has 0 fully saturated rings. The summed E-state index contributed by atoms with van der Waals surface area (Å²) in [5, 5.41) is 2.70. The lowest BCUT2D eigenvalue weighted by atomic mass is 9.91. The average molecular weight is 354 g/mol. The van der Waals surface area contributed by atoms with Crippen molar-refractivity contribution in [3.05, 3.63) is 77.1 Å². The van der Waals surface area contributed by atoms with E-state index in [4.69, 9.17) is 4.74 Å². The standard InChI is InChI=1S/C20H19FN2O3/c1-3-26-19(24)16-17(14-11-7-8-12-15(14)21)22-20(25)23(2)18(16)13-9-5-4-6-10-13/h4-12,17H,3H2,1-2H3,(H,22,25). The van der Waals surface area contributed by atoms with Crippen molar-refractivity contribution < 1.29 is 18.7 Å². The second-order valence-corrected chi connectivity index (χ2v) is 5.81. The van der Waals surface area contributed by atoms with Gasteiger partial charge in [0.2, 0.25) is 0 Å². The van der Waals surface area contributed by atoms with Crippen molar-refractivity contribution in [2.45, 2.75) is 13.0 Å². The number of nitrogens with one attached hydrogen (secondary N) is 1. The number of carbonyl (C=O) groups is 2. The molecule has 0 radical (unpaired) electrons. The lowest BCUT2D eigenvalue weighted by molar-refractivity contribution is -0.138. The molecule has 0 saturated carbocycles. The van der Waals surface area contributed by atoms with E-state index in [0.717, 1.165) is 0 Å². The Morgan fingerprint density at radius 3 is 2.46 bits per heavy atom. The molecule has 0 bridgehead atoms. The van der Waals surface area contributed by atoms with Gasteiger partial charge in [-0.2, -0.15) is 0 Å². The fraction of sp³-hybridized carbons (Fsp3) is 0.200. The van der Waals surface area contributed by atoms with Gasteiger partial charge in [-0.1, -0.05) is 48.5 Å². The Kier molecular flexibility index (Phi) is 5.02. The van der Waals surface area contributed by atoms with E-state index in [2.05, 4.69) is 5.32 Å². The first-order valence-electron chi connectivity index (χ1n) is 8.30. The second kappa shape index (κ2) is 7.39. The van der Waals surface area contributed by atoms with Crippen molar-refractivity contribution in [1.82, 2.24) is 10.2 Å². The summed E-state index contributed by atoms with van der Waals surface area (Å²) in [6.45, 7) is 1.87. The summed E-state index contributed by atoms with van der Waals surface area (Å²) in [6, 6.07) is 13.7. The maximum Gasteiger partial charge on any atom is 0.338 e. The number of carbonyl (C=O) groups excluding carboxylic acids is 2. The molecule has 0 spiro atoms. The minimum Gasteiger partial charge on any atom is -0.463 e. The zero-order valence-electron chi connectivity index (χ0n) is 14.5. The highest BCUT2D eigenvalue weighted by Crippen LogP contribution is 2.36. The van der Waals surface area contributed by atoms with Crippen LogP contribution in [0.2, 0.25) is 0 Å². The SMILES string of the molecule is CCOC(=O)C1=C(c2ccccc2)N(C)C(=O)NC1c1ccccc1F. The molecule has 3 rings (SSSR count). The van der Waals surface area contributed by atoms with Crippen LogP contribution in [0.15, 0.2) is 60.2 Å². The third-order valence-corrected chi connectivity index (χ3v) is 4.21. The van der Waals surface area contributed by atoms with Gasteiger partial charge < -0.3 is 10.1 Å². The van der Waals surface area contributed by atoms with Crippen molar-refractivity contribution in [3.8, 4) is 0 Å². The number of benzene rings is 2. The molecule has 0 saturated heterocycles. The van der Waals surface area contributed by atoms with Crippen molar-refractivity contribution in [2.75, 3.05) is 13.7 Å². The highest BCUT2D eigenvalue weighted by Gasteiger charge is 2.38. The molecule has 6 heteroatoms. The van der Waals surface area contributed by atoms with Crippen molar-refractivity contribution >= 4 is 17.7 Å². The Morgan fingerprint density at radius 1 is 1.15 bits per heavy atom. The summed E-state index contributed by atoms with van der Waals surface area (Å²) in [7, 11) is 1.56. The van der Waals surface area contributed by atoms with E-state index in [1.54, 1.807) is 44.3 Å². The number of hydrogen-bond acceptors (Lipinski definition) is 3. The van der Waals surface area contributed by atoms with E-state index in [9.17, 15) is 14.0 Å². The van der Waals surface area contributed by atoms with Gasteiger partial charge in [0.15, 0.2) is 0 Å². The topological polar surface area (TPSA) is 58.6 Å². The van der Waals surface area contributed by atoms with Crippen LogP contribution < -0.4 is 5.32 Å². The van der Waals surface area contributed by atoms with Crippen LogP contribution in [0.25, 0.3) is 5.70 Å². The summed E-state index contributed by atoms with van der Waals surface area (Å²) in [4.78, 5) is 26.6. The summed E-state index contributed by atoms with van der Waals surface area (Å²) in [6.07, 6.45) is 0. The third kappa shape index (κ3) is 3.18. The monoisotopic (exact) mass is 354 g/mol. The fourth-order valence-electron chi connectivity index (χ4n) is 3.02. The molecule has 2 aromatic carbocycles. The van der Waals surface area contributed by atoms with E-state index in [0.29, 0.717) is 11.3 Å². The maximum atomic E-state index is 14.4. The number of amides is 2. The molecule has 0 aliphatic carbocycles. The number of esters is 1. The molecule has 5 nitrogen and oxygen atoms in total. The zero-order valence-corrected chi connectivity index (χ0v) is 14.5. The molecule has 26 heavy (non-hydrogen) atoms. The first-order chi connectivity index (χ1) is 12.5. The van der Waals surface area contributed by atoms with Crippen LogP contribution in [0.1, 0.15) is 24.1 Å². The van der Waals surface area contributed by atoms with Gasteiger partial charge in [-0.15, -0.1) is 0 Å². The third-order valence-electron chi connectivity index (χ3n) is 4.21. The van der Waals surface area contributed by atoms with E-state index in [1.807, 2.05) is 18.2 Å². The van der Waals surface area contributed by atoms with Crippen molar-refractivity contribution in [1.29, 1.82) is 0 Å². The van der Waals surface area contributed by atoms with E-state index < -0.39 is 23.9 Å². The van der Waals surface area contributed by atoms with Gasteiger partial charge in [0.05, 0.1) is 23.9 Å². The van der Waals surface area contributed by atoms with Crippen LogP contribution in [0.4, 0.5) is 9.18 Å². The molecule has 1 unspecified atom stereocenters. The Bertz CT molecular complexity index is 864. The minimum absolute atomic E-state index is 0.173. The van der Waals surface area contributed by atoms with Crippen LogP contribution in [0, 0.1) is 5.82 Å². The van der Waals surface area contributed by atoms with Gasteiger partial charge in [-0.25, -0.2) is 14.0 Å². The number of ether oxygens (including phenoxy) is 1. The van der Waals surface area contributed by atoms with Gasteiger partial charge in [-0.05, 0) is 18.6 Å². The Labute approximate surface area is 151 Å². The van der Waals surface area contributed by atoms with Gasteiger partial charge in [0.1, 0.15) is 5.82 Å². The first-order valence-corrected chi connectivity index (χ1v) is 8.30. The Hall–Kier alpha value is -3.15. The van der Waals surface area contributed by atoms with E-state index >= 15 is 0 Å². The van der Waals surface area contributed by atoms with Gasteiger partial charge in [0.25, 0.3) is 0 Å². The van der Waals surface area contributed by atoms with Gasteiger partial charge >= 0.3 is 12.0 Å². The smallest absolute Gasteiger partial charge is 0.338 e. The quantitative estimate of drug-likeness (QED) is 0.855. The summed E-state index contributed by atoms with van der Waals surface area (Å²) in [5.74, 6) is -1.09. The molecule has 1 aliphatic heterocycles. The summed E-state index contributed by atoms with van der Waals surface area (Å²) >= 11 is 0. The van der Waals surface area contributed by atoms with Crippen molar-refractivity contribution in [3.63, 3.8) is 0 Å². The minimum atomic E-state index is -0.936. The van der Waals surface area contributed by atoms with E-state index in [-0.39, 0.29) is 17.7 Å². The molecule has 2 amide bonds. The molecule has 1 atom stereocenters. The lowest BCUT2D eigenvalue weighted by Crippen LogP contribution is -2.46. The Balaban J connectivity index is 2.26. The molecule has 134 valence electrons. The molecule has 1 N–H and O–H groups in total. The number of hydrogen-bond donors (Lipinski definition) is 1. The molecular formula is C20H19FN2O3. The number of rotatable bonds is 4. The number of urea groups is 1. The normalized spacial score (nSPS) is 17.1. The summed E-state index contributed by atoms with van der Waals surface area (Å²) < 4.78 is 19.6. The van der Waals surface area contributed by atoms with Gasteiger partial charge in [0, 0.05) is 12.6 Å². The molecule has 1 heterocycles. The second-order valence-electron chi connectivity index (χ2n) is 5.81. The summed E-state index contributed by atoms with van der Waals surface area (Å²) in [5.41, 5.74) is 1.49. The van der Waals surface area contributed by atoms with E-state index in [1.165, 1.54) is 11.0 Å². The largest absolute Gasteiger partial charge is 0.463 e. The first kappa shape index (κ1) is 17.7. The van der Waals surface area contributed by atoms with Crippen LogP contribution in [0.5, 0.6) is 0 Å². The van der Waals surface area contributed by atoms with Crippen LogP contribution >= 0.6 is 0 Å². The predicted molar refractivity (Wildman–Crippen MR) is 95.4 cm³/mol. The maximum absolute atomic E-state index is 14.4. The molecule has 2 aromatic rings. The molecule has 1 aliphatic rings. The van der Waals surface area contributed by atoms with Crippen LogP contribution in [0.3, 0.4) is 0 Å².